The lowest BCUT2D eigenvalue weighted by Crippen LogP contribution is -2.46. The fourth-order valence-corrected chi connectivity index (χ4v) is 3.50. The van der Waals surface area contributed by atoms with Gasteiger partial charge in [-0.1, -0.05) is 30.3 Å². The van der Waals surface area contributed by atoms with Crippen LogP contribution in [0.5, 0.6) is 0 Å². The van der Waals surface area contributed by atoms with Crippen LogP contribution in [-0.4, -0.2) is 53.3 Å². The number of rotatable bonds is 8. The third-order valence-corrected chi connectivity index (χ3v) is 4.76. The van der Waals surface area contributed by atoms with Gasteiger partial charge in [-0.15, -0.1) is 0 Å². The minimum absolute atomic E-state index is 0.119. The molecular weight excluding hydrogens is 354 g/mol. The lowest BCUT2D eigenvalue weighted by molar-refractivity contribution is -0.147. The Balaban J connectivity index is 1.97. The molecule has 6 heteroatoms. The molecule has 0 radical (unpaired) electrons. The van der Waals surface area contributed by atoms with Crippen LogP contribution >= 0.6 is 0 Å². The highest BCUT2D eigenvalue weighted by Gasteiger charge is 2.25. The highest BCUT2D eigenvalue weighted by atomic mass is 16.6. The van der Waals surface area contributed by atoms with Gasteiger partial charge in [0.05, 0.1) is 0 Å². The second-order valence-corrected chi connectivity index (χ2v) is 8.34. The van der Waals surface area contributed by atoms with Crippen molar-refractivity contribution in [2.75, 3.05) is 19.6 Å². The van der Waals surface area contributed by atoms with Gasteiger partial charge in [0.25, 0.3) is 0 Å². The summed E-state index contributed by atoms with van der Waals surface area (Å²) in [5, 5.41) is 6.97. The van der Waals surface area contributed by atoms with E-state index in [1.165, 1.54) is 0 Å². The van der Waals surface area contributed by atoms with Gasteiger partial charge >= 0.3 is 6.09 Å². The molecule has 2 rings (SSSR count). The maximum atomic E-state index is 12.8. The molecule has 1 N–H and O–H groups in total. The minimum atomic E-state index is -0.550. The molecule has 0 bridgehead atoms. The van der Waals surface area contributed by atoms with Crippen LogP contribution < -0.4 is 5.32 Å². The smallest absolute Gasteiger partial charge is 0.407 e. The summed E-state index contributed by atoms with van der Waals surface area (Å²) in [6.45, 7) is 10.1. The van der Waals surface area contributed by atoms with Crippen LogP contribution in [0.15, 0.2) is 30.3 Å². The summed E-state index contributed by atoms with van der Waals surface area (Å²) in [7, 11) is 0. The second kappa shape index (κ2) is 10.5. The van der Waals surface area contributed by atoms with E-state index in [-0.39, 0.29) is 11.9 Å². The van der Waals surface area contributed by atoms with Crippen LogP contribution in [0.25, 0.3) is 0 Å². The third kappa shape index (κ3) is 7.50. The van der Waals surface area contributed by atoms with Gasteiger partial charge in [0.2, 0.25) is 5.91 Å². The zero-order valence-corrected chi connectivity index (χ0v) is 17.7. The molecule has 1 aromatic rings. The highest BCUT2D eigenvalue weighted by Crippen LogP contribution is 2.15. The molecule has 1 aliphatic rings. The topological polar surface area (TPSA) is 61.9 Å². The molecule has 1 aromatic carbocycles. The van der Waals surface area contributed by atoms with Gasteiger partial charge < -0.3 is 10.1 Å². The lowest BCUT2D eigenvalue weighted by atomic mass is 10.0. The van der Waals surface area contributed by atoms with Gasteiger partial charge in [-0.25, -0.2) is 9.80 Å². The Labute approximate surface area is 169 Å². The maximum absolute atomic E-state index is 12.8. The van der Waals surface area contributed by atoms with Crippen molar-refractivity contribution in [3.05, 3.63) is 35.9 Å². The Bertz CT molecular complexity index is 622. The van der Waals surface area contributed by atoms with Gasteiger partial charge in [-0.05, 0) is 58.9 Å². The number of alkyl carbamates (subject to hydrolysis) is 1. The first-order valence-corrected chi connectivity index (χ1v) is 10.4. The van der Waals surface area contributed by atoms with E-state index in [0.29, 0.717) is 25.8 Å². The average Bonchev–Trinajstić information content (AvgIpc) is 3.14. The minimum Gasteiger partial charge on any atom is -0.444 e. The molecule has 0 saturated carbocycles. The van der Waals surface area contributed by atoms with Crippen LogP contribution in [0.4, 0.5) is 4.79 Å². The number of ether oxygens (including phenoxy) is 1. The number of hydrogen-bond donors (Lipinski definition) is 1. The van der Waals surface area contributed by atoms with Crippen molar-refractivity contribution in [1.29, 1.82) is 0 Å². The summed E-state index contributed by atoms with van der Waals surface area (Å²) in [4.78, 5) is 25.0. The lowest BCUT2D eigenvalue weighted by Gasteiger charge is -2.31. The quantitative estimate of drug-likeness (QED) is 0.735. The van der Waals surface area contributed by atoms with E-state index in [9.17, 15) is 9.59 Å². The molecular formula is C22H35N3O3. The van der Waals surface area contributed by atoms with E-state index in [0.717, 1.165) is 31.5 Å². The molecule has 1 heterocycles. The fourth-order valence-electron chi connectivity index (χ4n) is 3.50. The predicted molar refractivity (Wildman–Crippen MR) is 111 cm³/mol. The predicted octanol–water partition coefficient (Wildman–Crippen LogP) is 3.76. The molecule has 0 spiro atoms. The Morgan fingerprint density at radius 1 is 1.18 bits per heavy atom. The van der Waals surface area contributed by atoms with E-state index in [1.807, 2.05) is 63.0 Å². The van der Waals surface area contributed by atoms with Crippen LogP contribution in [0.3, 0.4) is 0 Å². The third-order valence-electron chi connectivity index (χ3n) is 4.76. The summed E-state index contributed by atoms with van der Waals surface area (Å²) < 4.78 is 5.41. The molecule has 0 aliphatic carbocycles. The monoisotopic (exact) mass is 389 g/mol. The number of hydrogen-bond acceptors (Lipinski definition) is 4. The molecule has 28 heavy (non-hydrogen) atoms. The number of nitrogens with one attached hydrogen (secondary N) is 1. The number of hydrazine groups is 1. The molecule has 1 aliphatic heterocycles. The molecule has 0 unspecified atom stereocenters. The van der Waals surface area contributed by atoms with Crippen LogP contribution in [0, 0.1) is 0 Å². The van der Waals surface area contributed by atoms with Crippen molar-refractivity contribution < 1.29 is 14.3 Å². The van der Waals surface area contributed by atoms with Crippen molar-refractivity contribution in [3.8, 4) is 0 Å². The molecule has 1 saturated heterocycles. The Morgan fingerprint density at radius 2 is 1.82 bits per heavy atom. The van der Waals surface area contributed by atoms with Gasteiger partial charge in [0.1, 0.15) is 5.60 Å². The number of carbonyl (C=O) groups excluding carboxylic acids is 2. The van der Waals surface area contributed by atoms with Gasteiger partial charge in [0.15, 0.2) is 0 Å². The summed E-state index contributed by atoms with van der Waals surface area (Å²) in [5.74, 6) is 0.119. The fraction of sp³-hybridized carbons (Fsp3) is 0.636. The molecule has 1 atom stereocenters. The summed E-state index contributed by atoms with van der Waals surface area (Å²) in [5.41, 5.74) is 0.578. The van der Waals surface area contributed by atoms with Gasteiger partial charge in [0, 0.05) is 32.1 Å². The zero-order valence-electron chi connectivity index (χ0n) is 17.7. The maximum Gasteiger partial charge on any atom is 0.407 e. The largest absolute Gasteiger partial charge is 0.444 e. The van der Waals surface area contributed by atoms with Crippen LogP contribution in [0.1, 0.15) is 58.9 Å². The molecule has 1 fully saturated rings. The molecule has 0 aromatic heterocycles. The first-order chi connectivity index (χ1) is 13.3. The van der Waals surface area contributed by atoms with E-state index in [2.05, 4.69) is 10.3 Å². The number of amides is 2. The number of benzene rings is 1. The number of carbonyl (C=O) groups is 2. The van der Waals surface area contributed by atoms with E-state index in [1.54, 1.807) is 0 Å². The molecule has 2 amide bonds. The highest BCUT2D eigenvalue weighted by molar-refractivity contribution is 5.76. The SMILES string of the molecule is CCN(C(=O)CC[C@H](Cc1ccccc1)NC(=O)OC(C)(C)C)N1CCCC1. The van der Waals surface area contributed by atoms with Crippen molar-refractivity contribution in [2.24, 2.45) is 0 Å². The van der Waals surface area contributed by atoms with E-state index >= 15 is 0 Å². The molecule has 156 valence electrons. The van der Waals surface area contributed by atoms with Gasteiger partial charge in [-0.3, -0.25) is 9.80 Å². The Morgan fingerprint density at radius 3 is 2.39 bits per heavy atom. The summed E-state index contributed by atoms with van der Waals surface area (Å²) in [6.07, 6.45) is 3.49. The number of nitrogens with zero attached hydrogens (tertiary/aromatic N) is 2. The standard InChI is InChI=1S/C22H35N3O3/c1-5-25(24-15-9-10-16-24)20(26)14-13-19(17-18-11-7-6-8-12-18)23-21(27)28-22(2,3)4/h6-8,11-12,19H,5,9-10,13-17H2,1-4H3,(H,23,27)/t19-/m1/s1. The van der Waals surface area contributed by atoms with Gasteiger partial charge in [-0.2, -0.15) is 0 Å². The Kier molecular flexibility index (Phi) is 8.30. The molecule has 6 nitrogen and oxygen atoms in total. The summed E-state index contributed by atoms with van der Waals surface area (Å²) >= 11 is 0. The first kappa shape index (κ1) is 22.2. The normalized spacial score (nSPS) is 15.9. The summed E-state index contributed by atoms with van der Waals surface area (Å²) in [6, 6.07) is 9.86. The van der Waals surface area contributed by atoms with Crippen molar-refractivity contribution in [3.63, 3.8) is 0 Å². The van der Waals surface area contributed by atoms with Crippen molar-refractivity contribution in [2.45, 2.75) is 71.4 Å². The average molecular weight is 390 g/mol. The van der Waals surface area contributed by atoms with Crippen molar-refractivity contribution in [1.82, 2.24) is 15.3 Å². The first-order valence-electron chi connectivity index (χ1n) is 10.4. The second-order valence-electron chi connectivity index (χ2n) is 8.34. The van der Waals surface area contributed by atoms with Crippen LogP contribution in [0.2, 0.25) is 0 Å². The van der Waals surface area contributed by atoms with E-state index < -0.39 is 11.7 Å². The van der Waals surface area contributed by atoms with E-state index in [4.69, 9.17) is 4.74 Å². The van der Waals surface area contributed by atoms with Crippen LogP contribution in [-0.2, 0) is 16.0 Å². The zero-order chi connectivity index (χ0) is 20.6. The van der Waals surface area contributed by atoms with Crippen molar-refractivity contribution >= 4 is 12.0 Å². The Hall–Kier alpha value is -2.08.